The van der Waals surface area contributed by atoms with Crippen molar-refractivity contribution in [2.24, 2.45) is 11.3 Å². The molecule has 3 atom stereocenters. The first kappa shape index (κ1) is 25.0. The molecule has 0 radical (unpaired) electrons. The van der Waals surface area contributed by atoms with Gasteiger partial charge in [0.05, 0.1) is 6.10 Å². The Balaban J connectivity index is 2.03. The summed E-state index contributed by atoms with van der Waals surface area (Å²) >= 11 is 3.51. The molecule has 2 aliphatic carbocycles. The number of rotatable bonds is 4. The molecular formula is C28H31BrO4Si. The fourth-order valence-corrected chi connectivity index (χ4v) is 6.72. The molecule has 34 heavy (non-hydrogen) atoms. The van der Waals surface area contributed by atoms with E-state index in [1.54, 1.807) is 42.5 Å². The molecule has 0 heterocycles. The van der Waals surface area contributed by atoms with Crippen LogP contribution >= 0.6 is 15.9 Å². The van der Waals surface area contributed by atoms with Crippen LogP contribution in [0.15, 0.2) is 64.7 Å². The van der Waals surface area contributed by atoms with Gasteiger partial charge in [-0.15, -0.1) is 0 Å². The first-order valence-corrected chi connectivity index (χ1v) is 15.4. The molecule has 0 spiro atoms. The van der Waals surface area contributed by atoms with E-state index in [-0.39, 0.29) is 22.4 Å². The van der Waals surface area contributed by atoms with Crippen LogP contribution in [0.3, 0.4) is 0 Å². The Morgan fingerprint density at radius 3 is 2.24 bits per heavy atom. The lowest BCUT2D eigenvalue weighted by molar-refractivity contribution is 0.0120. The molecule has 0 saturated heterocycles. The Morgan fingerprint density at radius 2 is 1.62 bits per heavy atom. The van der Waals surface area contributed by atoms with Crippen molar-refractivity contribution in [2.75, 3.05) is 0 Å². The second-order valence-electron chi connectivity index (χ2n) is 10.9. The molecule has 0 saturated carbocycles. The number of hydrogen-bond acceptors (Lipinski definition) is 4. The minimum absolute atomic E-state index is 0.141. The van der Waals surface area contributed by atoms with Crippen LogP contribution in [0.5, 0.6) is 0 Å². The highest BCUT2D eigenvalue weighted by Gasteiger charge is 2.65. The Morgan fingerprint density at radius 1 is 1.03 bits per heavy atom. The number of carbonyl (C=O) groups excluding carboxylic acids is 3. The van der Waals surface area contributed by atoms with Crippen LogP contribution in [0.2, 0.25) is 18.1 Å². The van der Waals surface area contributed by atoms with E-state index in [2.05, 4.69) is 49.8 Å². The number of halogens is 1. The topological polar surface area (TPSA) is 60.4 Å². The van der Waals surface area contributed by atoms with E-state index >= 15 is 0 Å². The number of fused-ring (bicyclic) bond motifs is 2. The summed E-state index contributed by atoms with van der Waals surface area (Å²) in [6.45, 7) is 12.5. The summed E-state index contributed by atoms with van der Waals surface area (Å²) < 4.78 is 7.51. The summed E-state index contributed by atoms with van der Waals surface area (Å²) in [4.78, 5) is 42.8. The van der Waals surface area contributed by atoms with Gasteiger partial charge in [-0.3, -0.25) is 14.4 Å². The van der Waals surface area contributed by atoms with Gasteiger partial charge in [0.2, 0.25) is 0 Å². The number of hydrogen-bond donors (Lipinski definition) is 0. The number of carbonyl (C=O) groups is 3. The Hall–Kier alpha value is -2.15. The largest absolute Gasteiger partial charge is 0.409 e. The van der Waals surface area contributed by atoms with Gasteiger partial charge >= 0.3 is 0 Å². The molecule has 4 rings (SSSR count). The SMILES string of the molecule is CC1=CC[C@H]2C(=O)c3ccccc3C(=O)[C@@]2(C(=O)c2ccccc2Br)[C@H]1O[Si](C)(C)C(C)(C)C. The molecule has 2 aliphatic rings. The van der Waals surface area contributed by atoms with Gasteiger partial charge in [0.1, 0.15) is 5.41 Å². The Labute approximate surface area is 211 Å². The zero-order chi connectivity index (χ0) is 25.1. The highest BCUT2D eigenvalue weighted by molar-refractivity contribution is 9.10. The second-order valence-corrected chi connectivity index (χ2v) is 16.5. The standard InChI is InChI=1S/C28H31BrO4Si/c1-17-15-16-21-23(30)18-11-7-8-12-19(18)24(31)28(21,25(32)20-13-9-10-14-22(20)29)26(17)33-34(5,6)27(2,3)4/h7-15,21,26H,16H2,1-6H3/t21-,26-,28-/m0/s1. The van der Waals surface area contributed by atoms with Gasteiger partial charge in [-0.25, -0.2) is 0 Å². The van der Waals surface area contributed by atoms with Crippen LogP contribution in [0, 0.1) is 11.3 Å². The van der Waals surface area contributed by atoms with Crippen LogP contribution in [0.1, 0.15) is 65.2 Å². The van der Waals surface area contributed by atoms with E-state index in [9.17, 15) is 14.4 Å². The molecule has 0 aromatic heterocycles. The zero-order valence-corrected chi connectivity index (χ0v) is 23.2. The molecule has 178 valence electrons. The highest BCUT2D eigenvalue weighted by atomic mass is 79.9. The molecule has 6 heteroatoms. The van der Waals surface area contributed by atoms with Crippen LogP contribution < -0.4 is 0 Å². The van der Waals surface area contributed by atoms with Crippen LogP contribution in [0.4, 0.5) is 0 Å². The van der Waals surface area contributed by atoms with E-state index in [0.29, 0.717) is 27.6 Å². The third kappa shape index (κ3) is 3.62. The molecular weight excluding hydrogens is 508 g/mol. The van der Waals surface area contributed by atoms with Crippen molar-refractivity contribution in [1.29, 1.82) is 0 Å². The highest BCUT2D eigenvalue weighted by Crippen LogP contribution is 2.54. The van der Waals surface area contributed by atoms with Crippen LogP contribution in [-0.2, 0) is 4.43 Å². The van der Waals surface area contributed by atoms with E-state index in [1.807, 2.05) is 19.1 Å². The van der Waals surface area contributed by atoms with Gasteiger partial charge in [0.15, 0.2) is 25.7 Å². The quantitative estimate of drug-likeness (QED) is 0.181. The van der Waals surface area contributed by atoms with Gasteiger partial charge in [-0.05, 0) is 43.1 Å². The van der Waals surface area contributed by atoms with Crippen molar-refractivity contribution in [3.05, 3.63) is 81.3 Å². The monoisotopic (exact) mass is 538 g/mol. The Bertz CT molecular complexity index is 1220. The average molecular weight is 540 g/mol. The summed E-state index contributed by atoms with van der Waals surface area (Å²) in [7, 11) is -2.43. The summed E-state index contributed by atoms with van der Waals surface area (Å²) in [6, 6.07) is 14.0. The first-order chi connectivity index (χ1) is 15.8. The molecule has 0 N–H and O–H groups in total. The van der Waals surface area contributed by atoms with Gasteiger partial charge in [0, 0.05) is 27.1 Å². The summed E-state index contributed by atoms with van der Waals surface area (Å²) in [5, 5.41) is -0.141. The van der Waals surface area contributed by atoms with Crippen molar-refractivity contribution in [1.82, 2.24) is 0 Å². The van der Waals surface area contributed by atoms with Crippen molar-refractivity contribution < 1.29 is 18.8 Å². The summed E-state index contributed by atoms with van der Waals surface area (Å²) in [5.41, 5.74) is 0.285. The lowest BCUT2D eigenvalue weighted by atomic mass is 9.53. The fourth-order valence-electron chi connectivity index (χ4n) is 4.94. The fraction of sp³-hybridized carbons (Fsp3) is 0.393. The molecule has 0 amide bonds. The number of Topliss-reactive ketones (excluding diaryl/α,β-unsaturated/α-hetero) is 3. The molecule has 2 aromatic carbocycles. The zero-order valence-electron chi connectivity index (χ0n) is 20.6. The molecule has 0 unspecified atom stereocenters. The van der Waals surface area contributed by atoms with Crippen molar-refractivity contribution in [3.8, 4) is 0 Å². The number of ketones is 3. The van der Waals surface area contributed by atoms with E-state index in [0.717, 1.165) is 5.57 Å². The van der Waals surface area contributed by atoms with Crippen molar-refractivity contribution in [2.45, 2.75) is 58.4 Å². The number of allylic oxidation sites excluding steroid dienone is 1. The molecule has 0 aliphatic heterocycles. The predicted octanol–water partition coefficient (Wildman–Crippen LogP) is 7.05. The molecule has 0 bridgehead atoms. The van der Waals surface area contributed by atoms with E-state index in [1.165, 1.54) is 0 Å². The first-order valence-electron chi connectivity index (χ1n) is 11.7. The summed E-state index contributed by atoms with van der Waals surface area (Å²) in [5.74, 6) is -1.64. The van der Waals surface area contributed by atoms with E-state index < -0.39 is 25.8 Å². The maximum Gasteiger partial charge on any atom is 0.192 e. The van der Waals surface area contributed by atoms with Gasteiger partial charge < -0.3 is 4.43 Å². The van der Waals surface area contributed by atoms with Gasteiger partial charge in [-0.2, -0.15) is 0 Å². The minimum Gasteiger partial charge on any atom is -0.409 e. The number of benzene rings is 2. The normalized spacial score (nSPS) is 24.9. The van der Waals surface area contributed by atoms with Crippen LogP contribution in [0.25, 0.3) is 0 Å². The molecule has 4 nitrogen and oxygen atoms in total. The molecule has 0 fully saturated rings. The Kier molecular flexibility index (Phi) is 6.24. The smallest absolute Gasteiger partial charge is 0.192 e. The lowest BCUT2D eigenvalue weighted by Crippen LogP contribution is -2.63. The van der Waals surface area contributed by atoms with Crippen molar-refractivity contribution in [3.63, 3.8) is 0 Å². The predicted molar refractivity (Wildman–Crippen MR) is 140 cm³/mol. The average Bonchev–Trinajstić information content (AvgIpc) is 2.78. The van der Waals surface area contributed by atoms with E-state index in [4.69, 9.17) is 4.43 Å². The van der Waals surface area contributed by atoms with Gasteiger partial charge in [0.25, 0.3) is 0 Å². The summed E-state index contributed by atoms with van der Waals surface area (Å²) in [6.07, 6.45) is 1.50. The maximum atomic E-state index is 14.5. The van der Waals surface area contributed by atoms with Crippen molar-refractivity contribution >= 4 is 41.6 Å². The lowest BCUT2D eigenvalue weighted by Gasteiger charge is -2.51. The molecule has 2 aromatic rings. The maximum absolute atomic E-state index is 14.5. The van der Waals surface area contributed by atoms with Crippen LogP contribution in [-0.4, -0.2) is 31.8 Å². The second kappa shape index (κ2) is 8.50. The van der Waals surface area contributed by atoms with Gasteiger partial charge in [-0.1, -0.05) is 85.2 Å². The third-order valence-corrected chi connectivity index (χ3v) is 13.0. The third-order valence-electron chi connectivity index (χ3n) is 7.89. The minimum atomic E-state index is -2.43.